The summed E-state index contributed by atoms with van der Waals surface area (Å²) in [6.45, 7) is 5.47. The van der Waals surface area contributed by atoms with Gasteiger partial charge in [0.1, 0.15) is 0 Å². The predicted molar refractivity (Wildman–Crippen MR) is 89.8 cm³/mol. The molecular weight excluding hydrogens is 300 g/mol. The first-order valence-corrected chi connectivity index (χ1v) is 8.23. The number of amides is 2. The van der Waals surface area contributed by atoms with Crippen LogP contribution >= 0.6 is 11.8 Å². The molecule has 0 unspecified atom stereocenters. The molecule has 0 heterocycles. The van der Waals surface area contributed by atoms with Crippen molar-refractivity contribution < 1.29 is 14.4 Å². The number of hydrogen-bond donors (Lipinski definition) is 2. The smallest absolute Gasteiger partial charge is 0.234 e. The van der Waals surface area contributed by atoms with E-state index >= 15 is 0 Å². The molecule has 1 aromatic carbocycles. The zero-order chi connectivity index (χ0) is 16.5. The Balaban J connectivity index is 2.37. The zero-order valence-corrected chi connectivity index (χ0v) is 14.0. The highest BCUT2D eigenvalue weighted by molar-refractivity contribution is 8.14. The van der Waals surface area contributed by atoms with Gasteiger partial charge in [-0.15, -0.1) is 0 Å². The van der Waals surface area contributed by atoms with Gasteiger partial charge in [0.2, 0.25) is 16.9 Å². The summed E-state index contributed by atoms with van der Waals surface area (Å²) in [4.78, 5) is 34.8. The lowest BCUT2D eigenvalue weighted by Crippen LogP contribution is -2.32. The molecule has 0 aliphatic rings. The number of aryl methyl sites for hydroxylation is 1. The maximum atomic E-state index is 11.9. The summed E-state index contributed by atoms with van der Waals surface area (Å²) in [6.07, 6.45) is 0.823. The molecule has 0 saturated carbocycles. The molecule has 0 aliphatic carbocycles. The van der Waals surface area contributed by atoms with Crippen LogP contribution in [0.4, 0.5) is 5.69 Å². The van der Waals surface area contributed by atoms with Crippen LogP contribution < -0.4 is 10.6 Å². The molecule has 0 saturated heterocycles. The molecule has 1 aromatic rings. The van der Waals surface area contributed by atoms with E-state index in [9.17, 15) is 14.4 Å². The Morgan fingerprint density at radius 1 is 1.18 bits per heavy atom. The number of hydrogen-bond acceptors (Lipinski definition) is 4. The Morgan fingerprint density at radius 2 is 1.86 bits per heavy atom. The van der Waals surface area contributed by atoms with Crippen LogP contribution in [0.2, 0.25) is 0 Å². The molecule has 5 nitrogen and oxygen atoms in total. The Kier molecular flexibility index (Phi) is 7.66. The normalized spacial score (nSPS) is 10.4. The lowest BCUT2D eigenvalue weighted by atomic mass is 10.1. The van der Waals surface area contributed by atoms with E-state index in [1.165, 1.54) is 0 Å². The molecule has 0 aliphatic heterocycles. The van der Waals surface area contributed by atoms with Gasteiger partial charge in [0.25, 0.3) is 0 Å². The Morgan fingerprint density at radius 3 is 2.50 bits per heavy atom. The van der Waals surface area contributed by atoms with Crippen molar-refractivity contribution >= 4 is 34.4 Å². The minimum Gasteiger partial charge on any atom is -0.348 e. The van der Waals surface area contributed by atoms with Gasteiger partial charge in [-0.2, -0.15) is 0 Å². The minimum atomic E-state index is -0.229. The van der Waals surface area contributed by atoms with Crippen LogP contribution in [-0.2, 0) is 20.8 Å². The van der Waals surface area contributed by atoms with Gasteiger partial charge in [-0.3, -0.25) is 14.4 Å². The largest absolute Gasteiger partial charge is 0.348 e. The molecular formula is C16H22N2O3S. The fourth-order valence-corrected chi connectivity index (χ4v) is 2.24. The molecule has 120 valence electrons. The van der Waals surface area contributed by atoms with Gasteiger partial charge < -0.3 is 10.6 Å². The molecule has 0 atom stereocenters. The summed E-state index contributed by atoms with van der Waals surface area (Å²) in [5.74, 6) is -0.523. The van der Waals surface area contributed by atoms with Gasteiger partial charge in [-0.1, -0.05) is 50.7 Å². The maximum Gasteiger partial charge on any atom is 0.234 e. The lowest BCUT2D eigenvalue weighted by molar-refractivity contribution is -0.125. The predicted octanol–water partition coefficient (Wildman–Crippen LogP) is 2.22. The van der Waals surface area contributed by atoms with Crippen LogP contribution in [0.3, 0.4) is 0 Å². The van der Waals surface area contributed by atoms with Crippen LogP contribution in [0.15, 0.2) is 24.3 Å². The van der Waals surface area contributed by atoms with E-state index < -0.39 is 0 Å². The second-order valence-corrected chi connectivity index (χ2v) is 6.12. The maximum absolute atomic E-state index is 11.9. The van der Waals surface area contributed by atoms with Crippen molar-refractivity contribution in [2.24, 2.45) is 5.92 Å². The van der Waals surface area contributed by atoms with Crippen LogP contribution in [0.1, 0.15) is 26.3 Å². The number of para-hydroxylation sites is 1. The molecule has 0 spiro atoms. The third kappa shape index (κ3) is 6.30. The van der Waals surface area contributed by atoms with E-state index in [2.05, 4.69) is 10.6 Å². The van der Waals surface area contributed by atoms with Crippen LogP contribution in [0.25, 0.3) is 0 Å². The molecule has 1 rings (SSSR count). The SMILES string of the molecule is CCc1ccccc1NC(=O)CSC(=O)CNC(=O)C(C)C. The van der Waals surface area contributed by atoms with Crippen molar-refractivity contribution in [1.29, 1.82) is 0 Å². The number of carbonyl (C=O) groups is 3. The molecule has 22 heavy (non-hydrogen) atoms. The Hall–Kier alpha value is -1.82. The summed E-state index contributed by atoms with van der Waals surface area (Å²) in [6, 6.07) is 7.57. The first kappa shape index (κ1) is 18.2. The van der Waals surface area contributed by atoms with Gasteiger partial charge in [0.15, 0.2) is 0 Å². The number of anilines is 1. The monoisotopic (exact) mass is 322 g/mol. The summed E-state index contributed by atoms with van der Waals surface area (Å²) >= 11 is 0.905. The highest BCUT2D eigenvalue weighted by Gasteiger charge is 2.12. The lowest BCUT2D eigenvalue weighted by Gasteiger charge is -2.09. The van der Waals surface area contributed by atoms with Crippen molar-refractivity contribution in [2.75, 3.05) is 17.6 Å². The second-order valence-electron chi connectivity index (χ2n) is 5.09. The standard InChI is InChI=1S/C16H22N2O3S/c1-4-12-7-5-6-8-13(12)18-14(19)10-22-15(20)9-17-16(21)11(2)3/h5-8,11H,4,9-10H2,1-3H3,(H,17,21)(H,18,19). The van der Waals surface area contributed by atoms with E-state index in [0.717, 1.165) is 29.4 Å². The van der Waals surface area contributed by atoms with E-state index in [1.807, 2.05) is 31.2 Å². The Labute approximate surface area is 135 Å². The van der Waals surface area contributed by atoms with Gasteiger partial charge >= 0.3 is 0 Å². The first-order chi connectivity index (χ1) is 10.4. The first-order valence-electron chi connectivity index (χ1n) is 7.25. The van der Waals surface area contributed by atoms with Gasteiger partial charge in [0, 0.05) is 11.6 Å². The quantitative estimate of drug-likeness (QED) is 0.807. The van der Waals surface area contributed by atoms with Crippen LogP contribution in [0, 0.1) is 5.92 Å². The van der Waals surface area contributed by atoms with Gasteiger partial charge in [-0.25, -0.2) is 0 Å². The van der Waals surface area contributed by atoms with E-state index in [-0.39, 0.29) is 35.1 Å². The van der Waals surface area contributed by atoms with Gasteiger partial charge in [-0.05, 0) is 18.1 Å². The highest BCUT2D eigenvalue weighted by atomic mass is 32.2. The summed E-state index contributed by atoms with van der Waals surface area (Å²) in [5.41, 5.74) is 1.83. The zero-order valence-electron chi connectivity index (χ0n) is 13.1. The summed E-state index contributed by atoms with van der Waals surface area (Å²) in [7, 11) is 0. The molecule has 0 fully saturated rings. The number of rotatable bonds is 7. The van der Waals surface area contributed by atoms with E-state index in [1.54, 1.807) is 13.8 Å². The van der Waals surface area contributed by atoms with Crippen molar-refractivity contribution in [2.45, 2.75) is 27.2 Å². The average molecular weight is 322 g/mol. The topological polar surface area (TPSA) is 75.3 Å². The Bertz CT molecular complexity index is 544. The highest BCUT2D eigenvalue weighted by Crippen LogP contribution is 2.15. The fraction of sp³-hybridized carbons (Fsp3) is 0.438. The fourth-order valence-electron chi connectivity index (χ4n) is 1.70. The minimum absolute atomic E-state index is 0.0361. The van der Waals surface area contributed by atoms with Gasteiger partial charge in [0.05, 0.1) is 12.3 Å². The molecule has 0 aromatic heterocycles. The van der Waals surface area contributed by atoms with Crippen molar-refractivity contribution in [3.05, 3.63) is 29.8 Å². The van der Waals surface area contributed by atoms with E-state index in [0.29, 0.717) is 0 Å². The van der Waals surface area contributed by atoms with Crippen molar-refractivity contribution in [1.82, 2.24) is 5.32 Å². The number of thioether (sulfide) groups is 1. The summed E-state index contributed by atoms with van der Waals surface area (Å²) in [5, 5.41) is 5.10. The molecule has 2 amide bonds. The van der Waals surface area contributed by atoms with E-state index in [4.69, 9.17) is 0 Å². The number of nitrogens with one attached hydrogen (secondary N) is 2. The molecule has 2 N–H and O–H groups in total. The summed E-state index contributed by atoms with van der Waals surface area (Å²) < 4.78 is 0. The molecule has 0 bridgehead atoms. The average Bonchev–Trinajstić information content (AvgIpc) is 2.50. The molecule has 6 heteroatoms. The number of carbonyl (C=O) groups excluding carboxylic acids is 3. The van der Waals surface area contributed by atoms with Crippen molar-refractivity contribution in [3.63, 3.8) is 0 Å². The van der Waals surface area contributed by atoms with Crippen LogP contribution in [0.5, 0.6) is 0 Å². The van der Waals surface area contributed by atoms with Crippen LogP contribution in [-0.4, -0.2) is 29.2 Å². The molecule has 0 radical (unpaired) electrons. The third-order valence-corrected chi connectivity index (χ3v) is 3.84. The number of benzene rings is 1. The third-order valence-electron chi connectivity index (χ3n) is 2.97. The van der Waals surface area contributed by atoms with Crippen molar-refractivity contribution in [3.8, 4) is 0 Å². The second kappa shape index (κ2) is 9.25.